The van der Waals surface area contributed by atoms with E-state index in [0.717, 1.165) is 32.9 Å². The van der Waals surface area contributed by atoms with Gasteiger partial charge < -0.3 is 14.8 Å². The van der Waals surface area contributed by atoms with Crippen LogP contribution in [-0.2, 0) is 6.42 Å². The molecule has 3 aromatic heterocycles. The zero-order chi connectivity index (χ0) is 18.6. The monoisotopic (exact) mass is 399 g/mol. The van der Waals surface area contributed by atoms with Gasteiger partial charge in [0, 0.05) is 41.5 Å². The molecular formula is C20H18ClN3O2S. The molecular weight excluding hydrogens is 382 g/mol. The summed E-state index contributed by atoms with van der Waals surface area (Å²) < 4.78 is 5.39. The van der Waals surface area contributed by atoms with Gasteiger partial charge in [-0.05, 0) is 29.8 Å². The Bertz CT molecular complexity index is 1020. The molecule has 1 atom stereocenters. The number of halogens is 1. The molecule has 0 amide bonds. The fourth-order valence-corrected chi connectivity index (χ4v) is 4.05. The van der Waals surface area contributed by atoms with E-state index in [0.29, 0.717) is 18.0 Å². The second-order valence-corrected chi connectivity index (χ2v) is 7.57. The lowest BCUT2D eigenvalue weighted by atomic mass is 10.0. The number of furan rings is 1. The number of nitrogens with zero attached hydrogens (tertiary/aromatic N) is 2. The van der Waals surface area contributed by atoms with Gasteiger partial charge in [0.15, 0.2) is 0 Å². The first-order valence-electron chi connectivity index (χ1n) is 8.60. The average Bonchev–Trinajstić information content (AvgIpc) is 3.35. The van der Waals surface area contributed by atoms with Crippen LogP contribution in [0.25, 0.3) is 21.3 Å². The van der Waals surface area contributed by atoms with E-state index < -0.39 is 0 Å². The van der Waals surface area contributed by atoms with E-state index in [1.165, 1.54) is 0 Å². The number of rotatable bonds is 7. The zero-order valence-corrected chi connectivity index (χ0v) is 16.0. The van der Waals surface area contributed by atoms with Gasteiger partial charge in [-0.25, -0.2) is 9.97 Å². The zero-order valence-electron chi connectivity index (χ0n) is 14.4. The van der Waals surface area contributed by atoms with E-state index in [2.05, 4.69) is 20.7 Å². The Morgan fingerprint density at radius 2 is 2.04 bits per heavy atom. The van der Waals surface area contributed by atoms with Crippen LogP contribution in [0.5, 0.6) is 0 Å². The molecule has 0 aliphatic heterocycles. The van der Waals surface area contributed by atoms with E-state index in [1.54, 1.807) is 23.9 Å². The fraction of sp³-hybridized carbons (Fsp3) is 0.200. The summed E-state index contributed by atoms with van der Waals surface area (Å²) in [5.74, 6) is 1.66. The number of benzene rings is 1. The van der Waals surface area contributed by atoms with Gasteiger partial charge in [0.2, 0.25) is 0 Å². The van der Waals surface area contributed by atoms with Crippen LogP contribution < -0.4 is 5.32 Å². The third kappa shape index (κ3) is 3.98. The highest BCUT2D eigenvalue weighted by molar-refractivity contribution is 7.17. The molecule has 0 spiro atoms. The second kappa shape index (κ2) is 8.08. The number of hydrogen-bond acceptors (Lipinski definition) is 6. The van der Waals surface area contributed by atoms with Gasteiger partial charge in [0.05, 0.1) is 11.6 Å². The lowest BCUT2D eigenvalue weighted by Gasteiger charge is -2.15. The molecule has 0 aliphatic carbocycles. The molecule has 138 valence electrons. The van der Waals surface area contributed by atoms with Crippen molar-refractivity contribution in [2.24, 2.45) is 5.92 Å². The highest BCUT2D eigenvalue weighted by Gasteiger charge is 2.15. The van der Waals surface area contributed by atoms with Crippen molar-refractivity contribution >= 4 is 39.0 Å². The maximum absolute atomic E-state index is 9.71. The van der Waals surface area contributed by atoms with Crippen molar-refractivity contribution in [3.8, 4) is 11.1 Å². The van der Waals surface area contributed by atoms with Crippen molar-refractivity contribution in [3.63, 3.8) is 0 Å². The summed E-state index contributed by atoms with van der Waals surface area (Å²) in [6, 6.07) is 11.5. The van der Waals surface area contributed by atoms with Crippen molar-refractivity contribution in [3.05, 3.63) is 65.2 Å². The second-order valence-electron chi connectivity index (χ2n) is 6.27. The topological polar surface area (TPSA) is 71.2 Å². The van der Waals surface area contributed by atoms with Crippen LogP contribution in [0.3, 0.4) is 0 Å². The van der Waals surface area contributed by atoms with E-state index >= 15 is 0 Å². The summed E-state index contributed by atoms with van der Waals surface area (Å²) in [5, 5.41) is 16.9. The fourth-order valence-electron chi connectivity index (χ4n) is 3.01. The van der Waals surface area contributed by atoms with E-state index in [4.69, 9.17) is 16.0 Å². The molecule has 0 saturated heterocycles. The summed E-state index contributed by atoms with van der Waals surface area (Å²) >= 11 is 7.60. The number of nitrogens with one attached hydrogen (secondary N) is 1. The molecule has 0 unspecified atom stereocenters. The molecule has 4 aromatic rings. The van der Waals surface area contributed by atoms with Crippen molar-refractivity contribution in [1.82, 2.24) is 9.97 Å². The molecule has 0 saturated carbocycles. The van der Waals surface area contributed by atoms with E-state index in [9.17, 15) is 5.11 Å². The Morgan fingerprint density at radius 3 is 2.78 bits per heavy atom. The Hall–Kier alpha value is -2.41. The van der Waals surface area contributed by atoms with Crippen molar-refractivity contribution in [1.29, 1.82) is 0 Å². The quantitative estimate of drug-likeness (QED) is 0.464. The minimum atomic E-state index is 0.0267. The van der Waals surface area contributed by atoms with Crippen molar-refractivity contribution < 1.29 is 9.52 Å². The van der Waals surface area contributed by atoms with Crippen LogP contribution in [0.1, 0.15) is 5.76 Å². The van der Waals surface area contributed by atoms with Gasteiger partial charge in [0.25, 0.3) is 0 Å². The van der Waals surface area contributed by atoms with Crippen LogP contribution in [-0.4, -0.2) is 28.2 Å². The number of hydrogen-bond donors (Lipinski definition) is 2. The number of aliphatic hydroxyl groups is 1. The van der Waals surface area contributed by atoms with Gasteiger partial charge in [-0.15, -0.1) is 11.3 Å². The predicted octanol–water partition coefficient (Wildman–Crippen LogP) is 4.87. The Morgan fingerprint density at radius 1 is 1.19 bits per heavy atom. The minimum absolute atomic E-state index is 0.0267. The Labute approximate surface area is 165 Å². The first kappa shape index (κ1) is 18.0. The van der Waals surface area contributed by atoms with Gasteiger partial charge in [-0.3, -0.25) is 0 Å². The molecule has 0 fully saturated rings. The van der Waals surface area contributed by atoms with Crippen molar-refractivity contribution in [2.45, 2.75) is 6.42 Å². The molecule has 5 nitrogen and oxygen atoms in total. The first-order valence-corrected chi connectivity index (χ1v) is 9.85. The van der Waals surface area contributed by atoms with E-state index in [-0.39, 0.29) is 12.5 Å². The molecule has 3 heterocycles. The number of anilines is 1. The largest absolute Gasteiger partial charge is 0.469 e. The van der Waals surface area contributed by atoms with Crippen LogP contribution in [0, 0.1) is 5.92 Å². The number of aromatic nitrogens is 2. The summed E-state index contributed by atoms with van der Waals surface area (Å²) in [6.07, 6.45) is 3.88. The lowest BCUT2D eigenvalue weighted by molar-refractivity contribution is 0.226. The van der Waals surface area contributed by atoms with Gasteiger partial charge in [0.1, 0.15) is 22.7 Å². The summed E-state index contributed by atoms with van der Waals surface area (Å²) in [4.78, 5) is 9.75. The SMILES string of the molecule is OC[C@H](CNc1ncnc2scc(-c3ccc(Cl)cc3)c12)Cc1ccco1. The van der Waals surface area contributed by atoms with E-state index in [1.807, 2.05) is 36.4 Å². The summed E-state index contributed by atoms with van der Waals surface area (Å²) in [5.41, 5.74) is 2.14. The Kier molecular flexibility index (Phi) is 5.38. The van der Waals surface area contributed by atoms with Gasteiger partial charge in [-0.1, -0.05) is 23.7 Å². The average molecular weight is 400 g/mol. The van der Waals surface area contributed by atoms with Gasteiger partial charge >= 0.3 is 0 Å². The maximum Gasteiger partial charge on any atom is 0.138 e. The number of fused-ring (bicyclic) bond motifs is 1. The van der Waals surface area contributed by atoms with Crippen LogP contribution >= 0.6 is 22.9 Å². The number of thiophene rings is 1. The minimum Gasteiger partial charge on any atom is -0.469 e. The molecule has 0 radical (unpaired) electrons. The highest BCUT2D eigenvalue weighted by Crippen LogP contribution is 2.36. The van der Waals surface area contributed by atoms with Crippen LogP contribution in [0.15, 0.2) is 58.8 Å². The molecule has 27 heavy (non-hydrogen) atoms. The van der Waals surface area contributed by atoms with Gasteiger partial charge in [-0.2, -0.15) is 0 Å². The summed E-state index contributed by atoms with van der Waals surface area (Å²) in [6.45, 7) is 0.648. The van der Waals surface area contributed by atoms with Crippen LogP contribution in [0.4, 0.5) is 5.82 Å². The third-order valence-corrected chi connectivity index (χ3v) is 5.55. The number of aliphatic hydroxyl groups excluding tert-OH is 1. The smallest absolute Gasteiger partial charge is 0.138 e. The Balaban J connectivity index is 1.59. The predicted molar refractivity (Wildman–Crippen MR) is 109 cm³/mol. The maximum atomic E-state index is 9.71. The molecule has 2 N–H and O–H groups in total. The van der Waals surface area contributed by atoms with Crippen molar-refractivity contribution in [2.75, 3.05) is 18.5 Å². The molecule has 4 rings (SSSR count). The standard InChI is InChI=1S/C20H18ClN3O2S/c21-15-5-3-14(4-6-15)17-11-27-20-18(17)19(23-12-24-20)22-9-13(10-25)8-16-2-1-7-26-16/h1-7,11-13,25H,8-10H2,(H,22,23,24)/t13-/m0/s1. The lowest BCUT2D eigenvalue weighted by Crippen LogP contribution is -2.20. The van der Waals surface area contributed by atoms with Crippen LogP contribution in [0.2, 0.25) is 5.02 Å². The first-order chi connectivity index (χ1) is 13.2. The molecule has 0 aliphatic rings. The third-order valence-electron chi connectivity index (χ3n) is 4.41. The molecule has 0 bridgehead atoms. The molecule has 7 heteroatoms. The normalized spacial score (nSPS) is 12.4. The molecule has 1 aromatic carbocycles. The highest BCUT2D eigenvalue weighted by atomic mass is 35.5. The summed E-state index contributed by atoms with van der Waals surface area (Å²) in [7, 11) is 0.